The van der Waals surface area contributed by atoms with Crippen molar-refractivity contribution in [1.82, 2.24) is 9.97 Å². The molecule has 0 aliphatic heterocycles. The SMILES string of the molecule is Cc1nc2cc(NC(=O)/C=C/c3nc4ccccc4s3)ccc2o1. The van der Waals surface area contributed by atoms with E-state index in [4.69, 9.17) is 4.42 Å². The Morgan fingerprint density at radius 2 is 2.04 bits per heavy atom. The van der Waals surface area contributed by atoms with Crippen LogP contribution < -0.4 is 5.32 Å². The van der Waals surface area contributed by atoms with Crippen LogP contribution in [0.2, 0.25) is 0 Å². The van der Waals surface area contributed by atoms with E-state index in [-0.39, 0.29) is 5.91 Å². The first-order valence-electron chi connectivity index (χ1n) is 7.39. The molecule has 4 rings (SSSR count). The van der Waals surface area contributed by atoms with Gasteiger partial charge in [0.1, 0.15) is 10.5 Å². The summed E-state index contributed by atoms with van der Waals surface area (Å²) in [5.74, 6) is 0.387. The number of aromatic nitrogens is 2. The molecule has 2 heterocycles. The summed E-state index contributed by atoms with van der Waals surface area (Å²) in [6.45, 7) is 1.79. The van der Waals surface area contributed by atoms with Crippen LogP contribution in [0.4, 0.5) is 5.69 Å². The first-order chi connectivity index (χ1) is 11.7. The first-order valence-corrected chi connectivity index (χ1v) is 8.21. The lowest BCUT2D eigenvalue weighted by molar-refractivity contribution is -0.111. The van der Waals surface area contributed by atoms with E-state index in [9.17, 15) is 4.79 Å². The number of carbonyl (C=O) groups is 1. The van der Waals surface area contributed by atoms with Gasteiger partial charge in [0.2, 0.25) is 5.91 Å². The van der Waals surface area contributed by atoms with Gasteiger partial charge in [-0.05, 0) is 36.4 Å². The zero-order valence-corrected chi connectivity index (χ0v) is 13.6. The minimum absolute atomic E-state index is 0.214. The van der Waals surface area contributed by atoms with E-state index in [2.05, 4.69) is 15.3 Å². The molecule has 0 radical (unpaired) electrons. The molecule has 0 bridgehead atoms. The number of hydrogen-bond donors (Lipinski definition) is 1. The number of nitrogens with zero attached hydrogens (tertiary/aromatic N) is 2. The average Bonchev–Trinajstić information content (AvgIpc) is 3.14. The third-order valence-electron chi connectivity index (χ3n) is 3.45. The van der Waals surface area contributed by atoms with Crippen molar-refractivity contribution in [2.75, 3.05) is 5.32 Å². The molecule has 6 heteroatoms. The van der Waals surface area contributed by atoms with E-state index < -0.39 is 0 Å². The number of benzene rings is 2. The van der Waals surface area contributed by atoms with Crippen LogP contribution in [0, 0.1) is 6.92 Å². The third-order valence-corrected chi connectivity index (χ3v) is 4.45. The Kier molecular flexibility index (Phi) is 3.59. The molecule has 0 fully saturated rings. The highest BCUT2D eigenvalue weighted by Gasteiger charge is 2.05. The number of rotatable bonds is 3. The monoisotopic (exact) mass is 335 g/mol. The molecule has 0 unspecified atom stereocenters. The largest absolute Gasteiger partial charge is 0.441 e. The van der Waals surface area contributed by atoms with Crippen molar-refractivity contribution in [1.29, 1.82) is 0 Å². The van der Waals surface area contributed by atoms with Crippen LogP contribution in [-0.2, 0) is 4.79 Å². The van der Waals surface area contributed by atoms with Crippen LogP contribution in [0.3, 0.4) is 0 Å². The van der Waals surface area contributed by atoms with Gasteiger partial charge in [-0.1, -0.05) is 12.1 Å². The number of carbonyl (C=O) groups excluding carboxylic acids is 1. The van der Waals surface area contributed by atoms with E-state index in [1.807, 2.05) is 24.3 Å². The maximum absolute atomic E-state index is 12.1. The minimum Gasteiger partial charge on any atom is -0.441 e. The molecule has 0 atom stereocenters. The van der Waals surface area contributed by atoms with Gasteiger partial charge in [0.15, 0.2) is 11.5 Å². The maximum atomic E-state index is 12.1. The number of para-hydroxylation sites is 1. The van der Waals surface area contributed by atoms with Crippen LogP contribution in [-0.4, -0.2) is 15.9 Å². The highest BCUT2D eigenvalue weighted by molar-refractivity contribution is 7.19. The molecule has 4 aromatic rings. The molecule has 24 heavy (non-hydrogen) atoms. The second kappa shape index (κ2) is 5.90. The quantitative estimate of drug-likeness (QED) is 0.564. The van der Waals surface area contributed by atoms with Crippen molar-refractivity contribution in [2.45, 2.75) is 6.92 Å². The Bertz CT molecular complexity index is 1050. The van der Waals surface area contributed by atoms with Gasteiger partial charge in [-0.25, -0.2) is 9.97 Å². The fraction of sp³-hybridized carbons (Fsp3) is 0.0556. The highest BCUT2D eigenvalue weighted by Crippen LogP contribution is 2.23. The first kappa shape index (κ1) is 14.6. The van der Waals surface area contributed by atoms with E-state index in [1.54, 1.807) is 42.5 Å². The minimum atomic E-state index is -0.214. The lowest BCUT2D eigenvalue weighted by Gasteiger charge is -2.00. The highest BCUT2D eigenvalue weighted by atomic mass is 32.1. The van der Waals surface area contributed by atoms with Gasteiger partial charge in [0.05, 0.1) is 10.2 Å². The number of hydrogen-bond acceptors (Lipinski definition) is 5. The molecule has 2 aromatic heterocycles. The Hall–Kier alpha value is -2.99. The van der Waals surface area contributed by atoms with Crippen LogP contribution in [0.15, 0.2) is 53.0 Å². The van der Waals surface area contributed by atoms with Crippen molar-refractivity contribution in [2.24, 2.45) is 0 Å². The number of oxazole rings is 1. The molecule has 0 aliphatic carbocycles. The van der Waals surface area contributed by atoms with Crippen molar-refractivity contribution < 1.29 is 9.21 Å². The van der Waals surface area contributed by atoms with Gasteiger partial charge < -0.3 is 9.73 Å². The molecule has 1 amide bonds. The topological polar surface area (TPSA) is 68.0 Å². The van der Waals surface area contributed by atoms with Gasteiger partial charge in [0, 0.05) is 18.7 Å². The van der Waals surface area contributed by atoms with E-state index in [0.29, 0.717) is 17.2 Å². The number of fused-ring (bicyclic) bond motifs is 2. The summed E-state index contributed by atoms with van der Waals surface area (Å²) >= 11 is 1.55. The molecule has 2 aromatic carbocycles. The normalized spacial score (nSPS) is 11.5. The van der Waals surface area contributed by atoms with Gasteiger partial charge in [-0.3, -0.25) is 4.79 Å². The van der Waals surface area contributed by atoms with Gasteiger partial charge in [-0.2, -0.15) is 0 Å². The standard InChI is InChI=1S/C18H13N3O2S/c1-11-19-14-10-12(6-7-15(14)23-11)20-17(22)8-9-18-21-13-4-2-3-5-16(13)24-18/h2-10H,1H3,(H,20,22)/b9-8+. The molecule has 0 aliphatic rings. The summed E-state index contributed by atoms with van der Waals surface area (Å²) < 4.78 is 6.52. The van der Waals surface area contributed by atoms with E-state index >= 15 is 0 Å². The zero-order chi connectivity index (χ0) is 16.5. The number of thiazole rings is 1. The fourth-order valence-corrected chi connectivity index (χ4v) is 3.28. The van der Waals surface area contributed by atoms with Crippen LogP contribution >= 0.6 is 11.3 Å². The summed E-state index contributed by atoms with van der Waals surface area (Å²) in [5, 5.41) is 3.62. The van der Waals surface area contributed by atoms with Crippen LogP contribution in [0.5, 0.6) is 0 Å². The summed E-state index contributed by atoms with van der Waals surface area (Å²) in [7, 11) is 0. The van der Waals surface area contributed by atoms with Crippen molar-refractivity contribution in [3.05, 3.63) is 59.4 Å². The average molecular weight is 335 g/mol. The van der Waals surface area contributed by atoms with E-state index in [1.165, 1.54) is 6.08 Å². The second-order valence-electron chi connectivity index (χ2n) is 5.26. The molecular weight excluding hydrogens is 322 g/mol. The summed E-state index contributed by atoms with van der Waals surface area (Å²) in [6, 6.07) is 13.3. The van der Waals surface area contributed by atoms with Gasteiger partial charge >= 0.3 is 0 Å². The maximum Gasteiger partial charge on any atom is 0.248 e. The second-order valence-corrected chi connectivity index (χ2v) is 6.32. The van der Waals surface area contributed by atoms with Crippen LogP contribution in [0.1, 0.15) is 10.9 Å². The number of anilines is 1. The summed E-state index contributed by atoms with van der Waals surface area (Å²) in [4.78, 5) is 20.8. The number of amides is 1. The van der Waals surface area contributed by atoms with Crippen molar-refractivity contribution >= 4 is 50.3 Å². The number of nitrogens with one attached hydrogen (secondary N) is 1. The lowest BCUT2D eigenvalue weighted by Crippen LogP contribution is -2.07. The lowest BCUT2D eigenvalue weighted by atomic mass is 10.3. The molecule has 0 saturated carbocycles. The molecule has 0 saturated heterocycles. The third kappa shape index (κ3) is 2.91. The van der Waals surface area contributed by atoms with Crippen LogP contribution in [0.25, 0.3) is 27.4 Å². The Balaban J connectivity index is 1.50. The Morgan fingerprint density at radius 3 is 2.92 bits per heavy atom. The zero-order valence-electron chi connectivity index (χ0n) is 12.8. The molecule has 118 valence electrons. The van der Waals surface area contributed by atoms with Crippen molar-refractivity contribution in [3.8, 4) is 0 Å². The smallest absolute Gasteiger partial charge is 0.248 e. The van der Waals surface area contributed by atoms with Gasteiger partial charge in [-0.15, -0.1) is 11.3 Å². The summed E-state index contributed by atoms with van der Waals surface area (Å²) in [5.41, 5.74) is 3.04. The fourth-order valence-electron chi connectivity index (χ4n) is 2.41. The summed E-state index contributed by atoms with van der Waals surface area (Å²) in [6.07, 6.45) is 3.20. The van der Waals surface area contributed by atoms with E-state index in [0.717, 1.165) is 20.7 Å². The molecule has 1 N–H and O–H groups in total. The molecule has 5 nitrogen and oxygen atoms in total. The molecular formula is C18H13N3O2S. The predicted octanol–water partition coefficient (Wildman–Crippen LogP) is 4.40. The predicted molar refractivity (Wildman–Crippen MR) is 96.0 cm³/mol. The Morgan fingerprint density at radius 1 is 1.17 bits per heavy atom. The molecule has 0 spiro atoms. The number of aryl methyl sites for hydroxylation is 1. The Labute approximate surface area is 141 Å². The van der Waals surface area contributed by atoms with Crippen molar-refractivity contribution in [3.63, 3.8) is 0 Å². The van der Waals surface area contributed by atoms with Gasteiger partial charge in [0.25, 0.3) is 0 Å².